The summed E-state index contributed by atoms with van der Waals surface area (Å²) in [6.07, 6.45) is 0. The number of aliphatic imine (C=N–C) groups is 1. The first-order valence-corrected chi connectivity index (χ1v) is 5.33. The van der Waals surface area contributed by atoms with Crippen LogP contribution in [0.15, 0.2) is 23.2 Å². The Labute approximate surface area is 105 Å². The lowest BCUT2D eigenvalue weighted by atomic mass is 10.2. The number of nitrogens with zero attached hydrogens (tertiary/aromatic N) is 2. The molecule has 2 rings (SSSR count). The number of hydrogen-bond acceptors (Lipinski definition) is 4. The van der Waals surface area contributed by atoms with Gasteiger partial charge in [-0.05, 0) is 12.1 Å². The van der Waals surface area contributed by atoms with Crippen LogP contribution < -0.4 is 25.4 Å². The summed E-state index contributed by atoms with van der Waals surface area (Å²) in [5.41, 5.74) is 6.10. The third kappa shape index (κ3) is 2.15. The fourth-order valence-corrected chi connectivity index (χ4v) is 1.70. The summed E-state index contributed by atoms with van der Waals surface area (Å²) >= 11 is 0. The van der Waals surface area contributed by atoms with E-state index in [0.717, 1.165) is 5.69 Å². The molecule has 0 saturated carbocycles. The van der Waals surface area contributed by atoms with Crippen molar-refractivity contribution in [3.8, 4) is 11.5 Å². The molecule has 7 nitrogen and oxygen atoms in total. The van der Waals surface area contributed by atoms with Crippen molar-refractivity contribution in [3.63, 3.8) is 0 Å². The first-order valence-electron chi connectivity index (χ1n) is 5.33. The highest BCUT2D eigenvalue weighted by Gasteiger charge is 2.21. The van der Waals surface area contributed by atoms with Gasteiger partial charge in [0.1, 0.15) is 0 Å². The van der Waals surface area contributed by atoms with E-state index in [0.29, 0.717) is 17.5 Å². The van der Waals surface area contributed by atoms with E-state index in [4.69, 9.17) is 20.6 Å². The molecule has 0 radical (unpaired) electrons. The molecule has 0 bridgehead atoms. The zero-order valence-corrected chi connectivity index (χ0v) is 10.2. The van der Waals surface area contributed by atoms with E-state index in [1.807, 2.05) is 18.2 Å². The summed E-state index contributed by atoms with van der Waals surface area (Å²) in [5, 5.41) is 9.90. The molecule has 4 N–H and O–H groups in total. The second-order valence-electron chi connectivity index (χ2n) is 3.66. The molecule has 0 fully saturated rings. The normalized spacial score (nSPS) is 13.3. The van der Waals surface area contributed by atoms with Crippen LogP contribution in [0.3, 0.4) is 0 Å². The molecule has 0 aliphatic carbocycles. The quantitative estimate of drug-likeness (QED) is 0.492. The molecular weight excluding hydrogens is 234 g/mol. The van der Waals surface area contributed by atoms with E-state index < -0.39 is 0 Å². The number of rotatable bonds is 1. The Morgan fingerprint density at radius 1 is 1.50 bits per heavy atom. The topological polar surface area (TPSA) is 96.0 Å². The number of guanidine groups is 2. The summed E-state index contributed by atoms with van der Waals surface area (Å²) in [7, 11) is 3.41. The van der Waals surface area contributed by atoms with Gasteiger partial charge in [0, 0.05) is 14.1 Å². The predicted octanol–water partition coefficient (Wildman–Crippen LogP) is 0.320. The second-order valence-corrected chi connectivity index (χ2v) is 3.66. The molecule has 1 aromatic rings. The van der Waals surface area contributed by atoms with Crippen LogP contribution in [0.2, 0.25) is 0 Å². The van der Waals surface area contributed by atoms with Gasteiger partial charge >= 0.3 is 0 Å². The van der Waals surface area contributed by atoms with Crippen molar-refractivity contribution in [1.29, 1.82) is 5.41 Å². The van der Waals surface area contributed by atoms with E-state index in [1.165, 1.54) is 0 Å². The lowest BCUT2D eigenvalue weighted by Gasteiger charge is -2.22. The molecule has 0 aromatic heterocycles. The molecular formula is C11H15N5O2. The van der Waals surface area contributed by atoms with Crippen LogP contribution in [-0.4, -0.2) is 32.8 Å². The summed E-state index contributed by atoms with van der Waals surface area (Å²) in [6, 6.07) is 5.57. The zero-order valence-electron chi connectivity index (χ0n) is 10.2. The van der Waals surface area contributed by atoms with Crippen molar-refractivity contribution in [3.05, 3.63) is 18.2 Å². The molecule has 1 heterocycles. The summed E-state index contributed by atoms with van der Waals surface area (Å²) in [5.74, 6) is 1.63. The monoisotopic (exact) mass is 249 g/mol. The third-order valence-corrected chi connectivity index (χ3v) is 2.51. The highest BCUT2D eigenvalue weighted by Crippen LogP contribution is 2.40. The largest absolute Gasteiger partial charge is 0.454 e. The van der Waals surface area contributed by atoms with Crippen LogP contribution in [0.5, 0.6) is 11.5 Å². The third-order valence-electron chi connectivity index (χ3n) is 2.51. The molecule has 0 saturated heterocycles. The van der Waals surface area contributed by atoms with Gasteiger partial charge in [-0.25, -0.2) is 0 Å². The van der Waals surface area contributed by atoms with E-state index >= 15 is 0 Å². The van der Waals surface area contributed by atoms with Gasteiger partial charge < -0.3 is 20.1 Å². The Morgan fingerprint density at radius 2 is 2.28 bits per heavy atom. The maximum atomic E-state index is 7.24. The number of ether oxygens (including phenoxy) is 2. The highest BCUT2D eigenvalue weighted by molar-refractivity contribution is 6.05. The lowest BCUT2D eigenvalue weighted by molar-refractivity contribution is 0.174. The maximum Gasteiger partial charge on any atom is 0.231 e. The number of hydrogen-bond donors (Lipinski definition) is 3. The molecule has 96 valence electrons. The van der Waals surface area contributed by atoms with Gasteiger partial charge in [0.15, 0.2) is 17.5 Å². The fraction of sp³-hybridized carbons (Fsp3) is 0.273. The van der Waals surface area contributed by atoms with Crippen molar-refractivity contribution in [2.75, 3.05) is 25.8 Å². The minimum absolute atomic E-state index is 0.174. The number of anilines is 1. The van der Waals surface area contributed by atoms with Gasteiger partial charge in [-0.1, -0.05) is 6.07 Å². The summed E-state index contributed by atoms with van der Waals surface area (Å²) < 4.78 is 10.7. The van der Waals surface area contributed by atoms with Crippen LogP contribution in [0.4, 0.5) is 5.69 Å². The van der Waals surface area contributed by atoms with Crippen LogP contribution in [0, 0.1) is 5.41 Å². The van der Waals surface area contributed by atoms with Crippen molar-refractivity contribution in [2.45, 2.75) is 0 Å². The maximum absolute atomic E-state index is 7.24. The predicted molar refractivity (Wildman–Crippen MR) is 69.4 cm³/mol. The van der Waals surface area contributed by atoms with Gasteiger partial charge in [-0.3, -0.25) is 15.7 Å². The van der Waals surface area contributed by atoms with Crippen molar-refractivity contribution in [1.82, 2.24) is 5.32 Å². The van der Waals surface area contributed by atoms with Crippen molar-refractivity contribution in [2.24, 2.45) is 10.7 Å². The second kappa shape index (κ2) is 4.82. The van der Waals surface area contributed by atoms with Crippen LogP contribution in [-0.2, 0) is 0 Å². The van der Waals surface area contributed by atoms with Crippen molar-refractivity contribution >= 4 is 17.6 Å². The van der Waals surface area contributed by atoms with Gasteiger partial charge in [-0.2, -0.15) is 0 Å². The van der Waals surface area contributed by atoms with E-state index in [9.17, 15) is 0 Å². The first-order chi connectivity index (χ1) is 8.63. The van der Waals surface area contributed by atoms with Crippen LogP contribution >= 0.6 is 0 Å². The lowest BCUT2D eigenvalue weighted by Crippen LogP contribution is -2.45. The zero-order chi connectivity index (χ0) is 13.1. The molecule has 0 atom stereocenters. The Kier molecular flexibility index (Phi) is 3.22. The summed E-state index contributed by atoms with van der Waals surface area (Å²) in [6.45, 7) is 0.207. The number of benzene rings is 1. The smallest absolute Gasteiger partial charge is 0.231 e. The van der Waals surface area contributed by atoms with Crippen LogP contribution in [0.1, 0.15) is 0 Å². The molecule has 0 unspecified atom stereocenters. The van der Waals surface area contributed by atoms with Crippen LogP contribution in [0.25, 0.3) is 0 Å². The number of nitrogens with two attached hydrogens (primary N) is 1. The molecule has 7 heteroatoms. The number of fused-ring (bicyclic) bond motifs is 1. The molecule has 1 aliphatic rings. The Morgan fingerprint density at radius 3 is 2.94 bits per heavy atom. The van der Waals surface area contributed by atoms with Gasteiger partial charge in [0.25, 0.3) is 0 Å². The molecule has 1 aromatic carbocycles. The number of nitrogens with one attached hydrogen (secondary N) is 2. The van der Waals surface area contributed by atoms with Gasteiger partial charge in [-0.15, -0.1) is 0 Å². The number of para-hydroxylation sites is 1. The highest BCUT2D eigenvalue weighted by atomic mass is 16.7. The minimum Gasteiger partial charge on any atom is -0.454 e. The fourth-order valence-electron chi connectivity index (χ4n) is 1.70. The molecule has 0 spiro atoms. The van der Waals surface area contributed by atoms with E-state index in [1.54, 1.807) is 19.0 Å². The van der Waals surface area contributed by atoms with Gasteiger partial charge in [0.2, 0.25) is 12.8 Å². The molecule has 18 heavy (non-hydrogen) atoms. The standard InChI is InChI=1S/C11H15N5O2/c1-14-11(15-10(12)13)16(2)7-4-3-5-8-9(7)18-6-17-8/h3-5H,6H2,1-2H3,(H4,12,13,14,15). The molecule has 1 aliphatic heterocycles. The average molecular weight is 249 g/mol. The van der Waals surface area contributed by atoms with E-state index in [-0.39, 0.29) is 12.8 Å². The van der Waals surface area contributed by atoms with Gasteiger partial charge in [0.05, 0.1) is 5.69 Å². The Bertz CT molecular complexity index is 500. The Balaban J connectivity index is 2.31. The van der Waals surface area contributed by atoms with E-state index in [2.05, 4.69) is 10.3 Å². The molecule has 0 amide bonds. The summed E-state index contributed by atoms with van der Waals surface area (Å²) in [4.78, 5) is 5.79. The minimum atomic E-state index is -0.174. The average Bonchev–Trinajstić information content (AvgIpc) is 2.82. The SMILES string of the molecule is C/N=C(\NC(=N)N)N(C)c1cccc2c1OCO2. The first kappa shape index (κ1) is 12.0. The van der Waals surface area contributed by atoms with Crippen molar-refractivity contribution < 1.29 is 9.47 Å². The Hall–Kier alpha value is -2.44.